The van der Waals surface area contributed by atoms with E-state index in [0.717, 1.165) is 30.8 Å². The number of fused-ring (bicyclic) bond motifs is 1. The SMILES string of the molecule is O=C(Nc1ccc(C2=CCNCC2)cc1)N1Cc2cncc(F)c2C1. The van der Waals surface area contributed by atoms with Crippen molar-refractivity contribution in [3.8, 4) is 0 Å². The van der Waals surface area contributed by atoms with Crippen LogP contribution in [0.3, 0.4) is 0 Å². The largest absolute Gasteiger partial charge is 0.322 e. The molecule has 25 heavy (non-hydrogen) atoms. The van der Waals surface area contributed by atoms with E-state index >= 15 is 0 Å². The van der Waals surface area contributed by atoms with Gasteiger partial charge < -0.3 is 15.5 Å². The van der Waals surface area contributed by atoms with Gasteiger partial charge >= 0.3 is 6.03 Å². The first-order valence-electron chi connectivity index (χ1n) is 8.38. The van der Waals surface area contributed by atoms with Gasteiger partial charge in [0.05, 0.1) is 12.7 Å². The molecule has 2 aromatic rings. The van der Waals surface area contributed by atoms with Crippen molar-refractivity contribution in [2.75, 3.05) is 18.4 Å². The highest BCUT2D eigenvalue weighted by atomic mass is 19.1. The highest BCUT2D eigenvalue weighted by Crippen LogP contribution is 2.25. The van der Waals surface area contributed by atoms with Gasteiger partial charge in [0, 0.05) is 30.5 Å². The van der Waals surface area contributed by atoms with Crippen LogP contribution in [0.15, 0.2) is 42.7 Å². The van der Waals surface area contributed by atoms with E-state index in [4.69, 9.17) is 0 Å². The number of carbonyl (C=O) groups excluding carboxylic acids is 1. The van der Waals surface area contributed by atoms with E-state index in [1.807, 2.05) is 24.3 Å². The molecule has 0 saturated carbocycles. The van der Waals surface area contributed by atoms with Gasteiger partial charge in [0.15, 0.2) is 0 Å². The number of pyridine rings is 1. The standard InChI is InChI=1S/C19H19FN4O/c20-18-10-22-9-15-11-24(12-17(15)18)19(25)23-16-3-1-13(2-4-16)14-5-7-21-8-6-14/h1-5,9-10,21H,6-8,11-12H2,(H,23,25). The zero-order valence-electron chi connectivity index (χ0n) is 13.8. The summed E-state index contributed by atoms with van der Waals surface area (Å²) in [6.07, 6.45) is 6.01. The Morgan fingerprint density at radius 3 is 2.76 bits per heavy atom. The minimum Gasteiger partial charge on any atom is -0.316 e. The van der Waals surface area contributed by atoms with Crippen molar-refractivity contribution in [2.24, 2.45) is 0 Å². The number of urea groups is 1. The molecule has 3 heterocycles. The molecule has 5 nitrogen and oxygen atoms in total. The molecule has 0 atom stereocenters. The molecule has 4 rings (SSSR count). The molecule has 0 radical (unpaired) electrons. The van der Waals surface area contributed by atoms with E-state index in [2.05, 4.69) is 21.7 Å². The summed E-state index contributed by atoms with van der Waals surface area (Å²) < 4.78 is 13.7. The summed E-state index contributed by atoms with van der Waals surface area (Å²) in [4.78, 5) is 17.9. The number of amides is 2. The van der Waals surface area contributed by atoms with Crippen molar-refractivity contribution in [3.05, 3.63) is 65.2 Å². The van der Waals surface area contributed by atoms with Crippen LogP contribution in [0.1, 0.15) is 23.1 Å². The molecule has 0 saturated heterocycles. The lowest BCUT2D eigenvalue weighted by Gasteiger charge is -2.17. The zero-order valence-corrected chi connectivity index (χ0v) is 13.8. The Labute approximate surface area is 145 Å². The van der Waals surface area contributed by atoms with E-state index in [1.165, 1.54) is 17.3 Å². The second kappa shape index (κ2) is 6.64. The van der Waals surface area contributed by atoms with E-state index in [0.29, 0.717) is 12.1 Å². The Morgan fingerprint density at radius 2 is 2.04 bits per heavy atom. The van der Waals surface area contributed by atoms with Gasteiger partial charge in [-0.3, -0.25) is 4.98 Å². The molecule has 6 heteroatoms. The number of hydrogen-bond acceptors (Lipinski definition) is 3. The van der Waals surface area contributed by atoms with Gasteiger partial charge in [-0.25, -0.2) is 9.18 Å². The first kappa shape index (κ1) is 15.8. The monoisotopic (exact) mass is 338 g/mol. The number of nitrogens with zero attached hydrogens (tertiary/aromatic N) is 2. The second-order valence-corrected chi connectivity index (χ2v) is 6.31. The van der Waals surface area contributed by atoms with Crippen molar-refractivity contribution >= 4 is 17.3 Å². The lowest BCUT2D eigenvalue weighted by atomic mass is 10.0. The topological polar surface area (TPSA) is 57.3 Å². The van der Waals surface area contributed by atoms with Gasteiger partial charge in [-0.2, -0.15) is 0 Å². The number of halogens is 1. The maximum Gasteiger partial charge on any atom is 0.322 e. The summed E-state index contributed by atoms with van der Waals surface area (Å²) in [6, 6.07) is 7.62. The molecule has 1 aromatic carbocycles. The van der Waals surface area contributed by atoms with Crippen LogP contribution in [0.25, 0.3) is 5.57 Å². The number of nitrogens with one attached hydrogen (secondary N) is 2. The molecule has 0 bridgehead atoms. The average molecular weight is 338 g/mol. The summed E-state index contributed by atoms with van der Waals surface area (Å²) >= 11 is 0. The van der Waals surface area contributed by atoms with Crippen LogP contribution in [0.4, 0.5) is 14.9 Å². The van der Waals surface area contributed by atoms with Gasteiger partial charge in [0.25, 0.3) is 0 Å². The fraction of sp³-hybridized carbons (Fsp3) is 0.263. The second-order valence-electron chi connectivity index (χ2n) is 6.31. The van der Waals surface area contributed by atoms with Gasteiger partial charge in [0.2, 0.25) is 0 Å². The Hall–Kier alpha value is -2.73. The molecule has 128 valence electrons. The Morgan fingerprint density at radius 1 is 1.20 bits per heavy atom. The van der Waals surface area contributed by atoms with Gasteiger partial charge in [-0.05, 0) is 41.8 Å². The summed E-state index contributed by atoms with van der Waals surface area (Å²) in [5, 5.41) is 6.18. The van der Waals surface area contributed by atoms with E-state index in [9.17, 15) is 9.18 Å². The minimum atomic E-state index is -0.354. The van der Waals surface area contributed by atoms with Crippen LogP contribution in [-0.4, -0.2) is 29.0 Å². The van der Waals surface area contributed by atoms with E-state index in [-0.39, 0.29) is 18.4 Å². The third-order valence-electron chi connectivity index (χ3n) is 4.66. The van der Waals surface area contributed by atoms with Crippen LogP contribution in [0, 0.1) is 5.82 Å². The van der Waals surface area contributed by atoms with Crippen LogP contribution in [0.2, 0.25) is 0 Å². The molecule has 0 unspecified atom stereocenters. The third-order valence-corrected chi connectivity index (χ3v) is 4.66. The van der Waals surface area contributed by atoms with Gasteiger partial charge in [-0.15, -0.1) is 0 Å². The van der Waals surface area contributed by atoms with E-state index < -0.39 is 0 Å². The summed E-state index contributed by atoms with van der Waals surface area (Å²) in [6.45, 7) is 2.54. The Balaban J connectivity index is 1.42. The van der Waals surface area contributed by atoms with Crippen molar-refractivity contribution in [3.63, 3.8) is 0 Å². The van der Waals surface area contributed by atoms with Crippen LogP contribution in [-0.2, 0) is 13.1 Å². The lowest BCUT2D eigenvalue weighted by Crippen LogP contribution is -2.30. The smallest absolute Gasteiger partial charge is 0.316 e. The predicted octanol–water partition coefficient (Wildman–Crippen LogP) is 3.15. The van der Waals surface area contributed by atoms with Crippen LogP contribution in [0.5, 0.6) is 0 Å². The third kappa shape index (κ3) is 3.25. The number of aromatic nitrogens is 1. The lowest BCUT2D eigenvalue weighted by molar-refractivity contribution is 0.212. The van der Waals surface area contributed by atoms with Crippen LogP contribution < -0.4 is 10.6 Å². The maximum atomic E-state index is 13.7. The summed E-state index contributed by atoms with van der Waals surface area (Å²) in [7, 11) is 0. The van der Waals surface area contributed by atoms with Gasteiger partial charge in [-0.1, -0.05) is 18.2 Å². The minimum absolute atomic E-state index is 0.232. The molecule has 0 fully saturated rings. The first-order valence-corrected chi connectivity index (χ1v) is 8.38. The van der Waals surface area contributed by atoms with Crippen molar-refractivity contribution in [1.82, 2.24) is 15.2 Å². The molecule has 2 aliphatic heterocycles. The quantitative estimate of drug-likeness (QED) is 0.884. The Bertz CT molecular complexity index is 832. The van der Waals surface area contributed by atoms with Crippen molar-refractivity contribution in [2.45, 2.75) is 19.5 Å². The van der Waals surface area contributed by atoms with Crippen LogP contribution >= 0.6 is 0 Å². The highest BCUT2D eigenvalue weighted by molar-refractivity contribution is 5.90. The van der Waals surface area contributed by atoms with Gasteiger partial charge in [0.1, 0.15) is 5.82 Å². The van der Waals surface area contributed by atoms with E-state index in [1.54, 1.807) is 11.1 Å². The first-order chi connectivity index (χ1) is 12.2. The zero-order chi connectivity index (χ0) is 17.2. The Kier molecular flexibility index (Phi) is 4.19. The number of rotatable bonds is 2. The number of benzene rings is 1. The van der Waals surface area contributed by atoms with Crippen molar-refractivity contribution in [1.29, 1.82) is 0 Å². The summed E-state index contributed by atoms with van der Waals surface area (Å²) in [5.41, 5.74) is 4.57. The number of hydrogen-bond donors (Lipinski definition) is 2. The fourth-order valence-electron chi connectivity index (χ4n) is 3.27. The average Bonchev–Trinajstić information content (AvgIpc) is 3.09. The van der Waals surface area contributed by atoms with Crippen molar-refractivity contribution < 1.29 is 9.18 Å². The molecule has 0 spiro atoms. The summed E-state index contributed by atoms with van der Waals surface area (Å²) in [5.74, 6) is -0.354. The number of carbonyl (C=O) groups is 1. The molecule has 2 amide bonds. The predicted molar refractivity (Wildman–Crippen MR) is 94.4 cm³/mol. The molecule has 0 aliphatic carbocycles. The normalized spacial score (nSPS) is 16.4. The fourth-order valence-corrected chi connectivity index (χ4v) is 3.27. The molecule has 2 aliphatic rings. The molecular formula is C19H19FN4O. The number of anilines is 1. The molecular weight excluding hydrogens is 319 g/mol. The highest BCUT2D eigenvalue weighted by Gasteiger charge is 2.26. The maximum absolute atomic E-state index is 13.7. The molecule has 2 N–H and O–H groups in total. The molecule has 1 aromatic heterocycles.